The van der Waals surface area contributed by atoms with Gasteiger partial charge in [-0.05, 0) is 26.0 Å². The largest absolute Gasteiger partial charge is 0.493 e. The van der Waals surface area contributed by atoms with Crippen LogP contribution in [0, 0.1) is 0 Å². The van der Waals surface area contributed by atoms with E-state index in [0.29, 0.717) is 13.2 Å². The Morgan fingerprint density at radius 1 is 1.25 bits per heavy atom. The van der Waals surface area contributed by atoms with Crippen LogP contribution in [-0.2, 0) is 12.1 Å². The molecular weight excluding hydrogens is 256 g/mol. The van der Waals surface area contributed by atoms with Crippen molar-refractivity contribution in [2.45, 2.75) is 25.9 Å². The molecule has 6 nitrogen and oxygen atoms in total. The molecular formula is C14H20N4O2. The molecule has 0 atom stereocenters. The van der Waals surface area contributed by atoms with Crippen LogP contribution < -0.4 is 15.2 Å². The fourth-order valence-corrected chi connectivity index (χ4v) is 1.69. The summed E-state index contributed by atoms with van der Waals surface area (Å²) >= 11 is 0. The summed E-state index contributed by atoms with van der Waals surface area (Å²) in [6.07, 6.45) is 1.84. The van der Waals surface area contributed by atoms with Crippen molar-refractivity contribution in [2.75, 3.05) is 13.7 Å². The molecule has 2 rings (SSSR count). The summed E-state index contributed by atoms with van der Waals surface area (Å²) in [5.41, 5.74) is 6.24. The molecule has 108 valence electrons. The Kier molecular flexibility index (Phi) is 4.24. The van der Waals surface area contributed by atoms with Crippen LogP contribution in [0.3, 0.4) is 0 Å². The molecule has 0 fully saturated rings. The second kappa shape index (κ2) is 5.92. The summed E-state index contributed by atoms with van der Waals surface area (Å²) in [4.78, 5) is 0. The topological polar surface area (TPSA) is 75.2 Å². The fraction of sp³-hybridized carbons (Fsp3) is 0.429. The highest BCUT2D eigenvalue weighted by atomic mass is 16.5. The van der Waals surface area contributed by atoms with Crippen LogP contribution in [0.25, 0.3) is 0 Å². The highest BCUT2D eigenvalue weighted by Crippen LogP contribution is 2.25. The van der Waals surface area contributed by atoms with Crippen LogP contribution in [0.1, 0.15) is 19.5 Å². The van der Waals surface area contributed by atoms with Crippen LogP contribution >= 0.6 is 0 Å². The maximum Gasteiger partial charge on any atom is 0.161 e. The van der Waals surface area contributed by atoms with Gasteiger partial charge < -0.3 is 15.2 Å². The van der Waals surface area contributed by atoms with Crippen LogP contribution in [0.4, 0.5) is 0 Å². The number of benzene rings is 1. The quantitative estimate of drug-likeness (QED) is 0.866. The number of ether oxygens (including phenoxy) is 2. The third-order valence-corrected chi connectivity index (χ3v) is 2.85. The SMILES string of the molecule is COc1ccccc1OCCn1cc(C(C)(C)N)nn1. The molecule has 0 amide bonds. The molecule has 0 aliphatic heterocycles. The normalized spacial score (nSPS) is 11.4. The van der Waals surface area contributed by atoms with Crippen molar-refractivity contribution in [1.29, 1.82) is 0 Å². The first-order valence-electron chi connectivity index (χ1n) is 6.46. The van der Waals surface area contributed by atoms with Crippen molar-refractivity contribution in [3.8, 4) is 11.5 Å². The van der Waals surface area contributed by atoms with Crippen molar-refractivity contribution in [3.63, 3.8) is 0 Å². The van der Waals surface area contributed by atoms with Gasteiger partial charge in [-0.3, -0.25) is 0 Å². The third-order valence-electron chi connectivity index (χ3n) is 2.85. The van der Waals surface area contributed by atoms with Crippen LogP contribution in [0.5, 0.6) is 11.5 Å². The minimum absolute atomic E-state index is 0.480. The summed E-state index contributed by atoms with van der Waals surface area (Å²) in [6, 6.07) is 7.54. The number of aromatic nitrogens is 3. The lowest BCUT2D eigenvalue weighted by molar-refractivity contribution is 0.273. The molecule has 0 saturated carbocycles. The highest BCUT2D eigenvalue weighted by Gasteiger charge is 2.18. The molecule has 0 saturated heterocycles. The Hall–Kier alpha value is -2.08. The lowest BCUT2D eigenvalue weighted by Crippen LogP contribution is -2.29. The summed E-state index contributed by atoms with van der Waals surface area (Å²) in [7, 11) is 1.62. The number of para-hydroxylation sites is 2. The van der Waals surface area contributed by atoms with Crippen LogP contribution in [0.2, 0.25) is 0 Å². The lowest BCUT2D eigenvalue weighted by atomic mass is 10.0. The van der Waals surface area contributed by atoms with E-state index in [1.165, 1.54) is 0 Å². The second-order valence-corrected chi connectivity index (χ2v) is 5.09. The minimum Gasteiger partial charge on any atom is -0.493 e. The van der Waals surface area contributed by atoms with E-state index in [0.717, 1.165) is 17.2 Å². The molecule has 20 heavy (non-hydrogen) atoms. The maximum atomic E-state index is 5.96. The van der Waals surface area contributed by atoms with E-state index in [4.69, 9.17) is 15.2 Å². The standard InChI is InChI=1S/C14H20N4O2/c1-14(2,15)13-10-18(17-16-13)8-9-20-12-7-5-4-6-11(12)19-3/h4-7,10H,8-9,15H2,1-3H3. The number of hydrogen-bond acceptors (Lipinski definition) is 5. The molecule has 6 heteroatoms. The van der Waals surface area contributed by atoms with E-state index in [1.807, 2.05) is 44.3 Å². The van der Waals surface area contributed by atoms with Gasteiger partial charge in [-0.15, -0.1) is 5.10 Å². The van der Waals surface area contributed by atoms with Gasteiger partial charge in [-0.1, -0.05) is 17.3 Å². The molecule has 0 spiro atoms. The van der Waals surface area contributed by atoms with Crippen LogP contribution in [-0.4, -0.2) is 28.7 Å². The Labute approximate surface area is 118 Å². The first kappa shape index (κ1) is 14.3. The molecule has 2 N–H and O–H groups in total. The zero-order chi connectivity index (χ0) is 14.6. The van der Waals surface area contributed by atoms with E-state index < -0.39 is 5.54 Å². The van der Waals surface area contributed by atoms with E-state index in [9.17, 15) is 0 Å². The minimum atomic E-state index is -0.484. The van der Waals surface area contributed by atoms with E-state index in [2.05, 4.69) is 10.3 Å². The molecule has 0 aliphatic carbocycles. The van der Waals surface area contributed by atoms with Gasteiger partial charge in [-0.25, -0.2) is 4.68 Å². The first-order valence-corrected chi connectivity index (χ1v) is 6.46. The lowest BCUT2D eigenvalue weighted by Gasteiger charge is -2.13. The average Bonchev–Trinajstić information content (AvgIpc) is 2.88. The predicted molar refractivity (Wildman–Crippen MR) is 75.7 cm³/mol. The van der Waals surface area contributed by atoms with Gasteiger partial charge in [0.1, 0.15) is 12.3 Å². The van der Waals surface area contributed by atoms with Gasteiger partial charge in [0.2, 0.25) is 0 Å². The number of methoxy groups -OCH3 is 1. The van der Waals surface area contributed by atoms with Gasteiger partial charge in [0.05, 0.1) is 25.4 Å². The molecule has 0 unspecified atom stereocenters. The molecule has 1 heterocycles. The van der Waals surface area contributed by atoms with Gasteiger partial charge in [0.25, 0.3) is 0 Å². The summed E-state index contributed by atoms with van der Waals surface area (Å²) < 4.78 is 12.6. The number of nitrogens with two attached hydrogens (primary N) is 1. The average molecular weight is 276 g/mol. The Balaban J connectivity index is 1.91. The molecule has 2 aromatic rings. The zero-order valence-electron chi connectivity index (χ0n) is 12.0. The second-order valence-electron chi connectivity index (χ2n) is 5.09. The van der Waals surface area contributed by atoms with E-state index in [1.54, 1.807) is 11.8 Å². The van der Waals surface area contributed by atoms with Crippen molar-refractivity contribution in [1.82, 2.24) is 15.0 Å². The highest BCUT2D eigenvalue weighted by molar-refractivity contribution is 5.39. The van der Waals surface area contributed by atoms with Crippen LogP contribution in [0.15, 0.2) is 30.5 Å². The Morgan fingerprint density at radius 3 is 2.55 bits per heavy atom. The summed E-state index contributed by atoms with van der Waals surface area (Å²) in [5.74, 6) is 1.43. The maximum absolute atomic E-state index is 5.96. The molecule has 0 aliphatic rings. The summed E-state index contributed by atoms with van der Waals surface area (Å²) in [6.45, 7) is 4.87. The Bertz CT molecular complexity index is 560. The fourth-order valence-electron chi connectivity index (χ4n) is 1.69. The monoisotopic (exact) mass is 276 g/mol. The van der Waals surface area contributed by atoms with E-state index >= 15 is 0 Å². The predicted octanol–water partition coefficient (Wildman–Crippen LogP) is 1.56. The van der Waals surface area contributed by atoms with Crippen molar-refractivity contribution in [2.24, 2.45) is 5.73 Å². The molecule has 1 aromatic carbocycles. The Morgan fingerprint density at radius 2 is 1.95 bits per heavy atom. The van der Waals surface area contributed by atoms with Crippen molar-refractivity contribution < 1.29 is 9.47 Å². The van der Waals surface area contributed by atoms with Crippen molar-refractivity contribution in [3.05, 3.63) is 36.2 Å². The smallest absolute Gasteiger partial charge is 0.161 e. The first-order chi connectivity index (χ1) is 9.50. The van der Waals surface area contributed by atoms with Gasteiger partial charge in [0, 0.05) is 0 Å². The third kappa shape index (κ3) is 3.48. The van der Waals surface area contributed by atoms with E-state index in [-0.39, 0.29) is 0 Å². The van der Waals surface area contributed by atoms with Crippen molar-refractivity contribution >= 4 is 0 Å². The zero-order valence-corrected chi connectivity index (χ0v) is 12.0. The number of rotatable bonds is 6. The van der Waals surface area contributed by atoms with Gasteiger partial charge >= 0.3 is 0 Å². The number of hydrogen-bond donors (Lipinski definition) is 1. The molecule has 0 radical (unpaired) electrons. The number of nitrogens with zero attached hydrogens (tertiary/aromatic N) is 3. The summed E-state index contributed by atoms with van der Waals surface area (Å²) in [5, 5.41) is 8.09. The molecule has 0 bridgehead atoms. The van der Waals surface area contributed by atoms with Gasteiger partial charge in [0.15, 0.2) is 11.5 Å². The molecule has 1 aromatic heterocycles. The van der Waals surface area contributed by atoms with Gasteiger partial charge in [-0.2, -0.15) is 0 Å².